The Morgan fingerprint density at radius 2 is 2.12 bits per heavy atom. The number of carbonyl (C=O) groups is 1. The van der Waals surface area contributed by atoms with Crippen LogP contribution < -0.4 is 4.74 Å². The first-order valence-corrected chi connectivity index (χ1v) is 9.53. The highest BCUT2D eigenvalue weighted by molar-refractivity contribution is 6.30. The van der Waals surface area contributed by atoms with Crippen molar-refractivity contribution in [3.8, 4) is 5.75 Å². The van der Waals surface area contributed by atoms with Crippen molar-refractivity contribution < 1.29 is 9.53 Å². The van der Waals surface area contributed by atoms with Crippen LogP contribution in [0.4, 0.5) is 0 Å². The van der Waals surface area contributed by atoms with E-state index in [0.717, 1.165) is 31.8 Å². The SMILES string of the molecule is CCn1cnnc1C1CN(C(=O)COc2ccc(Cl)cc2)CC12CCC2. The van der Waals surface area contributed by atoms with Crippen molar-refractivity contribution in [3.63, 3.8) is 0 Å². The molecule has 0 bridgehead atoms. The largest absolute Gasteiger partial charge is 0.484 e. The van der Waals surface area contributed by atoms with Crippen LogP contribution in [0, 0.1) is 5.41 Å². The quantitative estimate of drug-likeness (QED) is 0.806. The monoisotopic (exact) mass is 374 g/mol. The average molecular weight is 375 g/mol. The van der Waals surface area contributed by atoms with Crippen LogP contribution in [0.3, 0.4) is 0 Å². The fourth-order valence-electron chi connectivity index (χ4n) is 4.20. The number of rotatable bonds is 5. The number of carbonyl (C=O) groups excluding carboxylic acids is 1. The van der Waals surface area contributed by atoms with Crippen molar-refractivity contribution in [1.29, 1.82) is 0 Å². The summed E-state index contributed by atoms with van der Waals surface area (Å²) in [6, 6.07) is 7.07. The van der Waals surface area contributed by atoms with E-state index in [9.17, 15) is 4.79 Å². The highest BCUT2D eigenvalue weighted by atomic mass is 35.5. The van der Waals surface area contributed by atoms with Crippen molar-refractivity contribution in [1.82, 2.24) is 19.7 Å². The van der Waals surface area contributed by atoms with Gasteiger partial charge in [0.15, 0.2) is 6.61 Å². The van der Waals surface area contributed by atoms with Crippen LogP contribution in [-0.4, -0.2) is 45.3 Å². The van der Waals surface area contributed by atoms with Crippen LogP contribution in [-0.2, 0) is 11.3 Å². The van der Waals surface area contributed by atoms with Gasteiger partial charge in [0.2, 0.25) is 0 Å². The molecule has 2 aliphatic rings. The number of hydrogen-bond acceptors (Lipinski definition) is 4. The molecule has 1 unspecified atom stereocenters. The Morgan fingerprint density at radius 3 is 2.77 bits per heavy atom. The van der Waals surface area contributed by atoms with Crippen LogP contribution in [0.25, 0.3) is 0 Å². The van der Waals surface area contributed by atoms with Gasteiger partial charge in [-0.25, -0.2) is 0 Å². The van der Waals surface area contributed by atoms with Gasteiger partial charge in [0.1, 0.15) is 17.9 Å². The lowest BCUT2D eigenvalue weighted by Crippen LogP contribution is -2.39. The summed E-state index contributed by atoms with van der Waals surface area (Å²) in [6.45, 7) is 4.48. The Bertz CT molecular complexity index is 785. The second kappa shape index (κ2) is 6.91. The number of amides is 1. The van der Waals surface area contributed by atoms with Gasteiger partial charge in [0.05, 0.1) is 0 Å². The molecule has 2 fully saturated rings. The van der Waals surface area contributed by atoms with Crippen LogP contribution >= 0.6 is 11.6 Å². The predicted molar refractivity (Wildman–Crippen MR) is 98.2 cm³/mol. The van der Waals surface area contributed by atoms with Crippen molar-refractivity contribution in [2.45, 2.75) is 38.6 Å². The molecule has 1 aromatic heterocycles. The zero-order valence-electron chi connectivity index (χ0n) is 14.9. The molecule has 0 N–H and O–H groups in total. The molecule has 6 nitrogen and oxygen atoms in total. The average Bonchev–Trinajstić information content (AvgIpc) is 3.24. The first kappa shape index (κ1) is 17.3. The molecule has 1 aliphatic carbocycles. The standard InChI is InChI=1S/C19H23ClN4O2/c1-2-23-13-21-22-18(23)16-10-24(12-19(16)8-3-9-19)17(25)11-26-15-6-4-14(20)5-7-15/h4-7,13,16H,2-3,8-12H2,1H3. The molecule has 2 aromatic rings. The third-order valence-electron chi connectivity index (χ3n) is 5.82. The fraction of sp³-hybridized carbons (Fsp3) is 0.526. The summed E-state index contributed by atoms with van der Waals surface area (Å²) in [5, 5.41) is 9.11. The Hall–Kier alpha value is -2.08. The molecule has 7 heteroatoms. The molecule has 138 valence electrons. The maximum atomic E-state index is 12.7. The molecule has 4 rings (SSSR count). The second-order valence-corrected chi connectivity index (χ2v) is 7.70. The zero-order valence-corrected chi connectivity index (χ0v) is 15.7. The van der Waals surface area contributed by atoms with Gasteiger partial charge in [0, 0.05) is 30.6 Å². The fourth-order valence-corrected chi connectivity index (χ4v) is 4.32. The number of aromatic nitrogens is 3. The summed E-state index contributed by atoms with van der Waals surface area (Å²) in [5.41, 5.74) is 0.163. The number of hydrogen-bond donors (Lipinski definition) is 0. The maximum absolute atomic E-state index is 12.7. The third-order valence-corrected chi connectivity index (χ3v) is 6.08. The van der Waals surface area contributed by atoms with Gasteiger partial charge in [-0.15, -0.1) is 10.2 Å². The second-order valence-electron chi connectivity index (χ2n) is 7.26. The summed E-state index contributed by atoms with van der Waals surface area (Å²) in [5.74, 6) is 1.96. The van der Waals surface area contributed by atoms with Crippen molar-refractivity contribution in [2.75, 3.05) is 19.7 Å². The van der Waals surface area contributed by atoms with Crippen molar-refractivity contribution in [3.05, 3.63) is 41.4 Å². The van der Waals surface area contributed by atoms with E-state index < -0.39 is 0 Å². The van der Waals surface area contributed by atoms with Gasteiger partial charge in [-0.3, -0.25) is 4.79 Å². The molecule has 1 aliphatic heterocycles. The predicted octanol–water partition coefficient (Wildman–Crippen LogP) is 3.13. The molecule has 1 aromatic carbocycles. The van der Waals surface area contributed by atoms with Crippen LogP contribution in [0.5, 0.6) is 5.75 Å². The smallest absolute Gasteiger partial charge is 0.260 e. The topological polar surface area (TPSA) is 60.2 Å². The van der Waals surface area contributed by atoms with Gasteiger partial charge in [0.25, 0.3) is 5.91 Å². The van der Waals surface area contributed by atoms with E-state index in [4.69, 9.17) is 16.3 Å². The Kier molecular flexibility index (Phi) is 4.61. The lowest BCUT2D eigenvalue weighted by atomic mass is 9.62. The van der Waals surface area contributed by atoms with E-state index >= 15 is 0 Å². The van der Waals surface area contributed by atoms with Gasteiger partial charge < -0.3 is 14.2 Å². The molecule has 1 saturated carbocycles. The third kappa shape index (κ3) is 3.07. The van der Waals surface area contributed by atoms with Crippen molar-refractivity contribution in [2.24, 2.45) is 5.41 Å². The van der Waals surface area contributed by atoms with Crippen LogP contribution in [0.15, 0.2) is 30.6 Å². The highest BCUT2D eigenvalue weighted by Crippen LogP contribution is 2.55. The molecule has 26 heavy (non-hydrogen) atoms. The van der Waals surface area contributed by atoms with Gasteiger partial charge in [-0.05, 0) is 49.4 Å². The summed E-state index contributed by atoms with van der Waals surface area (Å²) in [7, 11) is 0. The van der Waals surface area contributed by atoms with Crippen molar-refractivity contribution >= 4 is 17.5 Å². The number of benzene rings is 1. The van der Waals surface area contributed by atoms with E-state index in [1.807, 2.05) is 4.90 Å². The molecule has 1 atom stereocenters. The maximum Gasteiger partial charge on any atom is 0.260 e. The zero-order chi connectivity index (χ0) is 18.1. The lowest BCUT2D eigenvalue weighted by Gasteiger charge is -2.42. The first-order chi connectivity index (χ1) is 12.6. The van der Waals surface area contributed by atoms with E-state index in [1.165, 1.54) is 6.42 Å². The highest BCUT2D eigenvalue weighted by Gasteiger charge is 2.53. The normalized spacial score (nSPS) is 21.0. The lowest BCUT2D eigenvalue weighted by molar-refractivity contribution is -0.133. The van der Waals surface area contributed by atoms with Gasteiger partial charge >= 0.3 is 0 Å². The summed E-state index contributed by atoms with van der Waals surface area (Å²) in [6.07, 6.45) is 5.31. The molecule has 0 radical (unpaired) electrons. The summed E-state index contributed by atoms with van der Waals surface area (Å²) >= 11 is 5.88. The minimum absolute atomic E-state index is 0.0243. The Labute approximate surface area is 158 Å². The number of aryl methyl sites for hydroxylation is 1. The summed E-state index contributed by atoms with van der Waals surface area (Å²) in [4.78, 5) is 14.7. The van der Waals surface area contributed by atoms with E-state index in [0.29, 0.717) is 17.3 Å². The number of halogens is 1. The molecular formula is C19H23ClN4O2. The molecule has 1 spiro atoms. The number of likely N-dealkylation sites (tertiary alicyclic amines) is 1. The first-order valence-electron chi connectivity index (χ1n) is 9.15. The van der Waals surface area contributed by atoms with E-state index in [-0.39, 0.29) is 23.8 Å². The van der Waals surface area contributed by atoms with Crippen LogP contribution in [0.2, 0.25) is 5.02 Å². The van der Waals surface area contributed by atoms with E-state index in [1.54, 1.807) is 30.6 Å². The van der Waals surface area contributed by atoms with Gasteiger partial charge in [-0.2, -0.15) is 0 Å². The summed E-state index contributed by atoms with van der Waals surface area (Å²) < 4.78 is 7.74. The van der Waals surface area contributed by atoms with Gasteiger partial charge in [-0.1, -0.05) is 18.0 Å². The van der Waals surface area contributed by atoms with E-state index in [2.05, 4.69) is 21.7 Å². The number of ether oxygens (including phenoxy) is 1. The molecule has 1 saturated heterocycles. The molecule has 2 heterocycles. The Balaban J connectivity index is 1.44. The minimum atomic E-state index is 0.0243. The molecular weight excluding hydrogens is 352 g/mol. The van der Waals surface area contributed by atoms with Crippen LogP contribution in [0.1, 0.15) is 37.9 Å². The minimum Gasteiger partial charge on any atom is -0.484 e. The number of nitrogens with zero attached hydrogens (tertiary/aromatic N) is 4. The molecule has 1 amide bonds. The Morgan fingerprint density at radius 1 is 1.35 bits per heavy atom.